The van der Waals surface area contributed by atoms with E-state index in [1.165, 1.54) is 27.7 Å². The van der Waals surface area contributed by atoms with Crippen molar-refractivity contribution in [1.82, 2.24) is 59.1 Å². The standard InChI is InChI=1S/C35H41F6N5O4.C33H37F6N5O4.C33H40F5N5O2/c1-4-27-15-29(16-28(5-2)46(27)33(49)50-30-8-6-22(7-9-30)31(47)48)45(32-42-17-24(18-43-32)23-10-11-44(3)20-23)19-21-12-25(34(36,37)38)14-26(13-21)35(39,40)41;1-3-27-13-28(18-44(27)31(47)48-19-20-4-6-22(7-5-20)29(45)46)43(30-40-14-24(15-41-30)23-8-9-42(2)17-23)16-21-10-25(32(34,35)36)12-26(11-21)33(37,38)39;1-19-12-20(2)29-24(14-21-8-10-23(11-9-21)30(44)45)6-5-7-28(27(29)13-19)43(31-39-41-42(4)40-31)18-22-15-25(32(3,34)35)17-26(16-22)33(36,37)38/h10-14,17-18,20,22,27-30H,4-9,15-16,19H2,1-3H3,(H,47,48);8-12,14-15,17,20,22,27-28H,3-7,13,16,18-19H2,1-2H3,(H,45,46);12-13,15-17,21,23-24,28H,5-11,14,18H2,1-4H3,(H,44,45)/t22?,27-,28+,29?,30?;20?,22?,27-,28?;21?,23?,24?,28-/m.10/s1. The number of ether oxygens (including phenoxy) is 2. The smallest absolute Gasteiger partial charge is 0.416 e. The highest BCUT2D eigenvalue weighted by Crippen LogP contribution is 2.50. The number of anilines is 3. The number of rotatable bonds is 26. The molecular weight excluding hydrogens is 1910 g/mol. The molecule has 0 spiro atoms. The third kappa shape index (κ3) is 27.5. The molecule has 776 valence electrons. The molecule has 3 saturated carbocycles. The zero-order valence-electron chi connectivity index (χ0n) is 80.6. The zero-order valence-corrected chi connectivity index (χ0v) is 80.6. The molecule has 0 radical (unpaired) electrons. The summed E-state index contributed by atoms with van der Waals surface area (Å²) < 4.78 is 251. The minimum absolute atomic E-state index is 0.0276. The average Bonchev–Trinajstić information content (AvgIpc) is 1.74. The molecule has 15 rings (SSSR count). The second-order valence-electron chi connectivity index (χ2n) is 38.9. The summed E-state index contributed by atoms with van der Waals surface area (Å²) in [5, 5.41) is 40.6. The summed E-state index contributed by atoms with van der Waals surface area (Å²) in [4.78, 5) is 88.6. The monoisotopic (exact) mass is 2020 g/mol. The quantitative estimate of drug-likeness (QED) is 0.0335. The minimum atomic E-state index is -5.01. The van der Waals surface area contributed by atoms with Crippen molar-refractivity contribution < 1.29 is 123 Å². The lowest BCUT2D eigenvalue weighted by Gasteiger charge is -2.47. The van der Waals surface area contributed by atoms with E-state index in [1.54, 1.807) is 39.0 Å². The highest BCUT2D eigenvalue weighted by Gasteiger charge is 2.47. The first-order valence-corrected chi connectivity index (χ1v) is 48.1. The van der Waals surface area contributed by atoms with E-state index in [-0.39, 0.29) is 121 Å². The molecule has 4 aromatic carbocycles. The van der Waals surface area contributed by atoms with Crippen LogP contribution in [0.25, 0.3) is 22.3 Å². The van der Waals surface area contributed by atoms with Crippen molar-refractivity contribution in [2.75, 3.05) is 27.9 Å². The van der Waals surface area contributed by atoms with Gasteiger partial charge in [0.25, 0.3) is 11.9 Å². The van der Waals surface area contributed by atoms with Crippen LogP contribution in [-0.2, 0) is 101 Å². The predicted octanol–water partition coefficient (Wildman–Crippen LogP) is 24.0. The van der Waals surface area contributed by atoms with Gasteiger partial charge in [0.1, 0.15) is 6.10 Å². The molecular formula is C101H118F17N15O10. The van der Waals surface area contributed by atoms with Crippen molar-refractivity contribution in [2.45, 2.75) is 288 Å². The normalized spacial score (nSPS) is 22.4. The number of alkyl halides is 17. The van der Waals surface area contributed by atoms with E-state index in [1.807, 2.05) is 87.8 Å². The molecule has 0 bridgehead atoms. The molecule has 143 heavy (non-hydrogen) atoms. The van der Waals surface area contributed by atoms with Crippen LogP contribution < -0.4 is 14.7 Å². The Hall–Kier alpha value is -12.2. The number of benzene rings is 4. The van der Waals surface area contributed by atoms with Crippen molar-refractivity contribution in [3.8, 4) is 22.3 Å². The molecule has 9 aromatic rings. The molecule has 25 nitrogen and oxygen atoms in total. The summed E-state index contributed by atoms with van der Waals surface area (Å²) in [6, 6.07) is 11.2. The molecule has 3 unspecified atom stereocenters. The van der Waals surface area contributed by atoms with Crippen LogP contribution in [0.1, 0.15) is 253 Å². The van der Waals surface area contributed by atoms with Crippen LogP contribution >= 0.6 is 0 Å². The van der Waals surface area contributed by atoms with Crippen molar-refractivity contribution in [3.63, 3.8) is 0 Å². The first-order valence-electron chi connectivity index (χ1n) is 48.1. The number of aryl methyl sites for hydroxylation is 5. The Labute approximate surface area is 815 Å². The Morgan fingerprint density at radius 2 is 0.860 bits per heavy atom. The molecule has 4 aliphatic carbocycles. The van der Waals surface area contributed by atoms with Gasteiger partial charge < -0.3 is 58.4 Å². The number of carboxylic acids is 3. The van der Waals surface area contributed by atoms with E-state index in [0.29, 0.717) is 151 Å². The fourth-order valence-corrected chi connectivity index (χ4v) is 21.1. The Balaban J connectivity index is 0.000000180. The number of nitrogens with zero attached hydrogens (tertiary/aromatic N) is 15. The maximum atomic E-state index is 14.4. The van der Waals surface area contributed by atoms with Crippen LogP contribution in [0.15, 0.2) is 128 Å². The first kappa shape index (κ1) is 108. The first-order chi connectivity index (χ1) is 67.3. The highest BCUT2D eigenvalue weighted by atomic mass is 19.4. The summed E-state index contributed by atoms with van der Waals surface area (Å²) >= 11 is 0. The van der Waals surface area contributed by atoms with Gasteiger partial charge in [0.2, 0.25) is 11.9 Å². The number of hydrogen-bond donors (Lipinski definition) is 3. The molecule has 42 heteroatoms. The van der Waals surface area contributed by atoms with Gasteiger partial charge in [0.15, 0.2) is 0 Å². The van der Waals surface area contributed by atoms with Crippen molar-refractivity contribution in [1.29, 1.82) is 0 Å². The number of fused-ring (bicyclic) bond motifs is 1. The molecule has 3 N–H and O–H groups in total. The van der Waals surface area contributed by atoms with E-state index in [9.17, 15) is 114 Å². The van der Waals surface area contributed by atoms with Gasteiger partial charge in [-0.2, -0.15) is 70.7 Å². The van der Waals surface area contributed by atoms with E-state index in [4.69, 9.17) is 9.47 Å². The zero-order chi connectivity index (χ0) is 104. The van der Waals surface area contributed by atoms with E-state index in [2.05, 4.69) is 54.4 Å². The fraction of sp³-hybridized carbons (Fsp3) is 0.545. The van der Waals surface area contributed by atoms with Crippen LogP contribution in [0, 0.1) is 43.4 Å². The molecule has 7 atom stereocenters. The number of hydrogen-bond acceptors (Lipinski definition) is 17. The number of carbonyl (C=O) groups excluding carboxylic acids is 2. The van der Waals surface area contributed by atoms with Gasteiger partial charge >= 0.3 is 61.0 Å². The van der Waals surface area contributed by atoms with Crippen molar-refractivity contribution >= 4 is 47.9 Å². The molecule has 2 amide bonds. The number of carboxylic acid groups (broad SMARTS) is 3. The lowest BCUT2D eigenvalue weighted by molar-refractivity contribution is -0.144. The second-order valence-corrected chi connectivity index (χ2v) is 38.9. The molecule has 5 fully saturated rings. The predicted molar refractivity (Wildman–Crippen MR) is 494 cm³/mol. The Morgan fingerprint density at radius 1 is 0.455 bits per heavy atom. The van der Waals surface area contributed by atoms with Crippen molar-refractivity contribution in [2.24, 2.45) is 50.7 Å². The lowest BCUT2D eigenvalue weighted by Crippen LogP contribution is -2.57. The number of piperidine rings is 1. The topological polar surface area (TPSA) is 286 Å². The van der Waals surface area contributed by atoms with Crippen LogP contribution in [0.4, 0.5) is 102 Å². The number of aliphatic carboxylic acids is 3. The number of likely N-dealkylation sites (tertiary alicyclic amines) is 2. The van der Waals surface area contributed by atoms with Gasteiger partial charge in [0.05, 0.1) is 71.3 Å². The van der Waals surface area contributed by atoms with E-state index >= 15 is 0 Å². The van der Waals surface area contributed by atoms with Gasteiger partial charge in [-0.3, -0.25) is 14.4 Å². The Kier molecular flexibility index (Phi) is 34.0. The van der Waals surface area contributed by atoms with Crippen LogP contribution in [0.5, 0.6) is 0 Å². The summed E-state index contributed by atoms with van der Waals surface area (Å²) in [6.45, 7) is 9.71. The van der Waals surface area contributed by atoms with Gasteiger partial charge in [-0.1, -0.05) is 50.0 Å². The molecule has 7 heterocycles. The summed E-state index contributed by atoms with van der Waals surface area (Å²) in [7, 11) is 5.29. The highest BCUT2D eigenvalue weighted by molar-refractivity contribution is 5.72. The second kappa shape index (κ2) is 45.0. The van der Waals surface area contributed by atoms with E-state index < -0.39 is 130 Å². The largest absolute Gasteiger partial charge is 0.481 e. The number of amides is 2. The number of tetrazole rings is 1. The molecule has 2 aliphatic heterocycles. The number of carbonyl (C=O) groups is 5. The van der Waals surface area contributed by atoms with E-state index in [0.717, 1.165) is 84.2 Å². The Bertz CT molecular complexity index is 5750. The van der Waals surface area contributed by atoms with Crippen LogP contribution in [0.3, 0.4) is 0 Å². The van der Waals surface area contributed by atoms with Gasteiger partial charge in [-0.25, -0.2) is 38.3 Å². The number of halogens is 17. The average molecular weight is 2030 g/mol. The van der Waals surface area contributed by atoms with Crippen molar-refractivity contribution in [3.05, 3.63) is 201 Å². The SMILES string of the molecule is CC[C@@H]1CC(N(Cc2cc(C(F)(F)F)cc(C(F)(F)F)c2)c2ncc(-c3ccn(C)c3)cn2)CN1C(=O)OCC1CCC(C(=O)O)CC1.CC[C@@H]1CC(N(Cc2cc(C(F)(F)F)cc(C(F)(F)F)c2)c2ncc(-c3ccn(C)c3)cn2)C[C@H](CC)N1C(=O)OC1CCC(C(=O)O)CC1.Cc1cc(C)c2c(c1)[C@@H](N(Cc1cc(C(C)(F)F)cc(C(F)(F)F)c1)c1nnn(C)n1)CCCC2CC1CCC(C(=O)O)CC1. The van der Waals surface area contributed by atoms with Gasteiger partial charge in [-0.15, -0.1) is 5.10 Å². The summed E-state index contributed by atoms with van der Waals surface area (Å²) in [6.07, 6.45) is 0.182. The number of aromatic nitrogens is 10. The van der Waals surface area contributed by atoms with Crippen LogP contribution in [-0.4, -0.2) is 154 Å². The molecule has 5 aromatic heterocycles. The van der Waals surface area contributed by atoms with Gasteiger partial charge in [-0.05, 0) is 272 Å². The van der Waals surface area contributed by atoms with Gasteiger partial charge in [0, 0.05) is 149 Å². The fourth-order valence-electron chi connectivity index (χ4n) is 21.1. The maximum Gasteiger partial charge on any atom is 0.416 e. The minimum Gasteiger partial charge on any atom is -0.481 e. The molecule has 2 saturated heterocycles. The third-order valence-electron chi connectivity index (χ3n) is 28.5. The summed E-state index contributed by atoms with van der Waals surface area (Å²) in [5.74, 6) is -5.94. The Morgan fingerprint density at radius 3 is 1.26 bits per heavy atom. The lowest BCUT2D eigenvalue weighted by atomic mass is 9.74. The third-order valence-corrected chi connectivity index (χ3v) is 28.5. The van der Waals surface area contributed by atoms with Crippen LogP contribution in [0.2, 0.25) is 0 Å². The maximum absolute atomic E-state index is 14.4. The summed E-state index contributed by atoms with van der Waals surface area (Å²) in [5.41, 5.74) is -0.462. The molecule has 6 aliphatic rings.